The van der Waals surface area contributed by atoms with Crippen LogP contribution in [0.5, 0.6) is 11.6 Å². The molecule has 104 valence electrons. The summed E-state index contributed by atoms with van der Waals surface area (Å²) in [5.74, 6) is -2.51. The fourth-order valence-electron chi connectivity index (χ4n) is 1.47. The molecule has 2 rings (SSSR count). The minimum Gasteiger partial charge on any atom is -0.436 e. The number of hydrogen-bond acceptors (Lipinski definition) is 5. The van der Waals surface area contributed by atoms with Crippen LogP contribution >= 0.6 is 0 Å². The fourth-order valence-corrected chi connectivity index (χ4v) is 1.47. The second-order valence-corrected chi connectivity index (χ2v) is 3.71. The van der Waals surface area contributed by atoms with Crippen molar-refractivity contribution in [3.8, 4) is 11.6 Å². The number of halogens is 2. The molecule has 0 fully saturated rings. The maximum atomic E-state index is 13.5. The maximum absolute atomic E-state index is 13.5. The van der Waals surface area contributed by atoms with Gasteiger partial charge in [0.2, 0.25) is 0 Å². The average Bonchev–Trinajstić information content (AvgIpc) is 2.42. The molecule has 0 aliphatic carbocycles. The first-order chi connectivity index (χ1) is 9.51. The molecule has 0 radical (unpaired) electrons. The number of benzene rings is 1. The Kier molecular flexibility index (Phi) is 3.74. The van der Waals surface area contributed by atoms with Crippen LogP contribution < -0.4 is 10.1 Å². The summed E-state index contributed by atoms with van der Waals surface area (Å²) in [5.41, 5.74) is -0.209. The van der Waals surface area contributed by atoms with E-state index in [9.17, 15) is 18.9 Å². The molecule has 0 atom stereocenters. The smallest absolute Gasteiger partial charge is 0.273 e. The molecular weight excluding hydrogens is 272 g/mol. The van der Waals surface area contributed by atoms with Crippen LogP contribution in [-0.4, -0.2) is 17.0 Å². The van der Waals surface area contributed by atoms with Gasteiger partial charge in [-0.25, -0.2) is 8.78 Å². The number of nitro benzene ring substituents is 1. The molecule has 1 N–H and O–H groups in total. The monoisotopic (exact) mass is 281 g/mol. The summed E-state index contributed by atoms with van der Waals surface area (Å²) in [4.78, 5) is 13.6. The van der Waals surface area contributed by atoms with Crippen LogP contribution in [0, 0.1) is 21.7 Å². The van der Waals surface area contributed by atoms with E-state index in [-0.39, 0.29) is 17.3 Å². The third kappa shape index (κ3) is 2.79. The lowest BCUT2D eigenvalue weighted by Crippen LogP contribution is -2.01. The van der Waals surface area contributed by atoms with Gasteiger partial charge in [0, 0.05) is 19.2 Å². The zero-order valence-electron chi connectivity index (χ0n) is 10.3. The molecule has 0 bridgehead atoms. The zero-order valence-corrected chi connectivity index (χ0v) is 10.3. The van der Waals surface area contributed by atoms with E-state index >= 15 is 0 Å². The molecule has 6 nitrogen and oxygen atoms in total. The standard InChI is InChI=1S/C12H9F2N3O3/c1-15-11-9(13)6-10(14)12(16-11)20-8-4-2-3-7(5-8)17(18)19/h2-6H,1H3,(H,15,16). The van der Waals surface area contributed by atoms with E-state index in [4.69, 9.17) is 4.74 Å². The molecule has 0 aliphatic rings. The van der Waals surface area contributed by atoms with Crippen molar-refractivity contribution in [2.24, 2.45) is 0 Å². The molecule has 1 aromatic heterocycles. The second kappa shape index (κ2) is 5.47. The van der Waals surface area contributed by atoms with Crippen molar-refractivity contribution >= 4 is 11.5 Å². The van der Waals surface area contributed by atoms with Gasteiger partial charge < -0.3 is 10.1 Å². The Morgan fingerprint density at radius 3 is 2.70 bits per heavy atom. The van der Waals surface area contributed by atoms with Crippen molar-refractivity contribution in [2.75, 3.05) is 12.4 Å². The molecule has 0 amide bonds. The number of anilines is 1. The highest BCUT2D eigenvalue weighted by atomic mass is 19.1. The number of ether oxygens (including phenoxy) is 1. The first-order valence-electron chi connectivity index (χ1n) is 5.47. The zero-order chi connectivity index (χ0) is 14.7. The molecular formula is C12H9F2N3O3. The topological polar surface area (TPSA) is 77.3 Å². The molecule has 0 saturated carbocycles. The van der Waals surface area contributed by atoms with Crippen LogP contribution in [0.15, 0.2) is 30.3 Å². The summed E-state index contributed by atoms with van der Waals surface area (Å²) < 4.78 is 31.9. The lowest BCUT2D eigenvalue weighted by Gasteiger charge is -2.08. The Balaban J connectivity index is 2.34. The highest BCUT2D eigenvalue weighted by molar-refractivity contribution is 5.42. The predicted octanol–water partition coefficient (Wildman–Crippen LogP) is 3.10. The molecule has 0 unspecified atom stereocenters. The number of hydrogen-bond donors (Lipinski definition) is 1. The number of rotatable bonds is 4. The molecule has 0 saturated heterocycles. The van der Waals surface area contributed by atoms with E-state index in [1.807, 2.05) is 0 Å². The molecule has 1 aromatic carbocycles. The van der Waals surface area contributed by atoms with Crippen molar-refractivity contribution in [3.63, 3.8) is 0 Å². The van der Waals surface area contributed by atoms with E-state index in [0.29, 0.717) is 6.07 Å². The van der Waals surface area contributed by atoms with Gasteiger partial charge in [-0.15, -0.1) is 0 Å². The predicted molar refractivity (Wildman–Crippen MR) is 66.9 cm³/mol. The normalized spacial score (nSPS) is 10.2. The largest absolute Gasteiger partial charge is 0.436 e. The summed E-state index contributed by atoms with van der Waals surface area (Å²) in [6.07, 6.45) is 0. The maximum Gasteiger partial charge on any atom is 0.273 e. The number of non-ortho nitro benzene ring substituents is 1. The minimum atomic E-state index is -1.01. The van der Waals surface area contributed by atoms with Crippen LogP contribution in [0.4, 0.5) is 20.3 Å². The quantitative estimate of drug-likeness (QED) is 0.688. The SMILES string of the molecule is CNc1nc(Oc2cccc([N+](=O)[O-])c2)c(F)cc1F. The molecule has 2 aromatic rings. The van der Waals surface area contributed by atoms with Crippen molar-refractivity contribution in [1.82, 2.24) is 4.98 Å². The van der Waals surface area contributed by atoms with Gasteiger partial charge in [-0.3, -0.25) is 10.1 Å². The third-order valence-corrected chi connectivity index (χ3v) is 2.38. The Morgan fingerprint density at radius 2 is 2.05 bits per heavy atom. The first kappa shape index (κ1) is 13.7. The van der Waals surface area contributed by atoms with Gasteiger partial charge >= 0.3 is 0 Å². The van der Waals surface area contributed by atoms with E-state index < -0.39 is 22.4 Å². The molecule has 0 aliphatic heterocycles. The van der Waals surface area contributed by atoms with Crippen molar-refractivity contribution in [1.29, 1.82) is 0 Å². The number of nitrogens with one attached hydrogen (secondary N) is 1. The molecule has 1 heterocycles. The van der Waals surface area contributed by atoms with E-state index in [0.717, 1.165) is 6.07 Å². The summed E-state index contributed by atoms with van der Waals surface area (Å²) >= 11 is 0. The van der Waals surface area contributed by atoms with Crippen LogP contribution in [0.1, 0.15) is 0 Å². The van der Waals surface area contributed by atoms with Gasteiger partial charge in [0.25, 0.3) is 11.6 Å². The van der Waals surface area contributed by atoms with Gasteiger partial charge in [-0.05, 0) is 6.07 Å². The molecule has 0 spiro atoms. The summed E-state index contributed by atoms with van der Waals surface area (Å²) in [7, 11) is 1.42. The third-order valence-electron chi connectivity index (χ3n) is 2.38. The molecule has 20 heavy (non-hydrogen) atoms. The lowest BCUT2D eigenvalue weighted by molar-refractivity contribution is -0.384. The van der Waals surface area contributed by atoms with Gasteiger partial charge in [0.05, 0.1) is 11.0 Å². The number of aromatic nitrogens is 1. The highest BCUT2D eigenvalue weighted by Crippen LogP contribution is 2.27. The Labute approximate surface area is 112 Å². The first-order valence-corrected chi connectivity index (χ1v) is 5.47. The second-order valence-electron chi connectivity index (χ2n) is 3.71. The fraction of sp³-hybridized carbons (Fsp3) is 0.0833. The number of nitrogens with zero attached hydrogens (tertiary/aromatic N) is 2. The van der Waals surface area contributed by atoms with Crippen LogP contribution in [0.25, 0.3) is 0 Å². The lowest BCUT2D eigenvalue weighted by atomic mass is 10.3. The van der Waals surface area contributed by atoms with Gasteiger partial charge in [0.15, 0.2) is 17.5 Å². The highest BCUT2D eigenvalue weighted by Gasteiger charge is 2.14. The molecule has 8 heteroatoms. The summed E-state index contributed by atoms with van der Waals surface area (Å²) in [6.45, 7) is 0. The van der Waals surface area contributed by atoms with Crippen molar-refractivity contribution in [2.45, 2.75) is 0 Å². The summed E-state index contributed by atoms with van der Waals surface area (Å²) in [5, 5.41) is 13.1. The Hall–Kier alpha value is -2.77. The minimum absolute atomic E-state index is 0.0271. The van der Waals surface area contributed by atoms with E-state index in [1.54, 1.807) is 0 Å². The van der Waals surface area contributed by atoms with Crippen molar-refractivity contribution < 1.29 is 18.4 Å². The Morgan fingerprint density at radius 1 is 1.30 bits per heavy atom. The van der Waals surface area contributed by atoms with Crippen LogP contribution in [-0.2, 0) is 0 Å². The van der Waals surface area contributed by atoms with Gasteiger partial charge in [0.1, 0.15) is 5.75 Å². The van der Waals surface area contributed by atoms with Gasteiger partial charge in [-0.1, -0.05) is 6.07 Å². The number of nitro groups is 1. The number of pyridine rings is 1. The average molecular weight is 281 g/mol. The van der Waals surface area contributed by atoms with E-state index in [1.165, 1.54) is 25.2 Å². The van der Waals surface area contributed by atoms with Gasteiger partial charge in [-0.2, -0.15) is 4.98 Å². The van der Waals surface area contributed by atoms with Crippen LogP contribution in [0.3, 0.4) is 0 Å². The Bertz CT molecular complexity index is 664. The van der Waals surface area contributed by atoms with Crippen molar-refractivity contribution in [3.05, 3.63) is 52.1 Å². The van der Waals surface area contributed by atoms with Crippen LogP contribution in [0.2, 0.25) is 0 Å². The van der Waals surface area contributed by atoms with E-state index in [2.05, 4.69) is 10.3 Å². The summed E-state index contributed by atoms with van der Waals surface area (Å²) in [6, 6.07) is 5.78.